The average Bonchev–Trinajstić information content (AvgIpc) is 3.81. The van der Waals surface area contributed by atoms with Crippen LogP contribution in [0.5, 0.6) is 0 Å². The van der Waals surface area contributed by atoms with Gasteiger partial charge in [0.2, 0.25) is 5.91 Å². The average molecular weight is 846 g/mol. The monoisotopic (exact) mass is 846 g/mol. The molecule has 0 bridgehead atoms. The van der Waals surface area contributed by atoms with Crippen LogP contribution >= 0.6 is 0 Å². The first-order chi connectivity index (χ1) is 29.1. The van der Waals surface area contributed by atoms with E-state index < -0.39 is 18.1 Å². The Labute approximate surface area is 367 Å². The van der Waals surface area contributed by atoms with Crippen LogP contribution in [0.25, 0.3) is 10.9 Å². The zero-order valence-corrected chi connectivity index (χ0v) is 39.1. The minimum Gasteiger partial charge on any atom is -0.461 e. The number of hydrogen-bond acceptors (Lipinski definition) is 4. The molecule has 0 spiro atoms. The molecule has 2 aromatic rings. The third-order valence-corrected chi connectivity index (χ3v) is 16.9. The van der Waals surface area contributed by atoms with E-state index in [0.29, 0.717) is 29.6 Å². The number of quaternary nitrogens is 3. The van der Waals surface area contributed by atoms with Gasteiger partial charge in [0.05, 0.1) is 13.1 Å². The highest BCUT2D eigenvalue weighted by Gasteiger charge is 2.64. The van der Waals surface area contributed by atoms with E-state index >= 15 is 0 Å². The van der Waals surface area contributed by atoms with Gasteiger partial charge < -0.3 is 37.6 Å². The maximum absolute atomic E-state index is 14.3. The Morgan fingerprint density at radius 1 is 0.803 bits per heavy atom. The van der Waals surface area contributed by atoms with Gasteiger partial charge in [-0.05, 0) is 135 Å². The van der Waals surface area contributed by atoms with Gasteiger partial charge in [0.1, 0.15) is 18.2 Å². The second-order valence-corrected chi connectivity index (χ2v) is 21.4. The molecular weight excluding hydrogens is 761 g/mol. The molecule has 6 rings (SSSR count). The van der Waals surface area contributed by atoms with Crippen LogP contribution in [0.15, 0.2) is 42.1 Å². The topological polar surface area (TPSA) is 183 Å². The summed E-state index contributed by atoms with van der Waals surface area (Å²) in [4.78, 5) is 45.3. The number of hydrogen-bond donors (Lipinski definition) is 6. The smallest absolute Gasteiger partial charge is 0.328 e. The summed E-state index contributed by atoms with van der Waals surface area (Å²) in [5, 5.41) is 7.10. The number of carbonyl (C=O) groups is 3. The van der Waals surface area contributed by atoms with Crippen LogP contribution < -0.4 is 27.8 Å². The number of aromatic nitrogens is 1. The first kappa shape index (κ1) is 47.3. The molecule has 1 heterocycles. The van der Waals surface area contributed by atoms with Crippen LogP contribution in [0.2, 0.25) is 0 Å². The third kappa shape index (κ3) is 10.4. The highest BCUT2D eigenvalue weighted by atomic mass is 16.5. The van der Waals surface area contributed by atoms with Gasteiger partial charge >= 0.3 is 5.97 Å². The van der Waals surface area contributed by atoms with Gasteiger partial charge in [-0.2, -0.15) is 0 Å². The number of nitrogens with one attached hydrogen (secondary N) is 3. The highest BCUT2D eigenvalue weighted by Crippen LogP contribution is 2.72. The van der Waals surface area contributed by atoms with Gasteiger partial charge in [-0.25, -0.2) is 4.79 Å². The third-order valence-electron chi connectivity index (χ3n) is 16.9. The number of allylic oxidation sites excluding steroid dienone is 1. The zero-order valence-electron chi connectivity index (χ0n) is 39.1. The lowest BCUT2D eigenvalue weighted by atomic mass is 9.41. The zero-order chi connectivity index (χ0) is 44.0. The van der Waals surface area contributed by atoms with Gasteiger partial charge in [0.25, 0.3) is 5.91 Å². The number of fused-ring (bicyclic) bond motifs is 6. The molecule has 3 fully saturated rings. The number of unbranched alkanes of at least 4 members (excludes halogenated alkanes) is 2. The lowest BCUT2D eigenvalue weighted by Crippen LogP contribution is -2.69. The molecule has 4 aliphatic carbocycles. The number of ether oxygens (including phenoxy) is 1. The van der Waals surface area contributed by atoms with Gasteiger partial charge in [-0.3, -0.25) is 9.59 Å². The van der Waals surface area contributed by atoms with E-state index in [1.807, 2.05) is 30.5 Å². The Kier molecular flexibility index (Phi) is 15.9. The Morgan fingerprint density at radius 2 is 1.52 bits per heavy atom. The number of rotatable bonds is 21. The fourth-order valence-corrected chi connectivity index (χ4v) is 13.4. The van der Waals surface area contributed by atoms with E-state index in [2.05, 4.69) is 80.4 Å². The van der Waals surface area contributed by atoms with E-state index in [9.17, 15) is 14.4 Å². The Balaban J connectivity index is 1.13. The molecule has 10 nitrogen and oxygen atoms in total. The van der Waals surface area contributed by atoms with Crippen molar-refractivity contribution in [2.75, 3.05) is 13.1 Å². The van der Waals surface area contributed by atoms with E-state index in [1.54, 1.807) is 0 Å². The molecule has 4 unspecified atom stereocenters. The van der Waals surface area contributed by atoms with Crippen molar-refractivity contribution in [3.05, 3.63) is 47.7 Å². The molecule has 61 heavy (non-hydrogen) atoms. The van der Waals surface area contributed by atoms with Gasteiger partial charge in [-0.15, -0.1) is 0 Å². The predicted octanol–water partition coefficient (Wildman–Crippen LogP) is 6.46. The molecule has 11 atom stereocenters. The van der Waals surface area contributed by atoms with Gasteiger partial charge in [0, 0.05) is 36.4 Å². The first-order valence-corrected chi connectivity index (χ1v) is 24.6. The molecular formula is C51H85N6O4+3. The standard InChI is InChI=1S/C51H82N6O4/c1-33(2)14-13-15-34(3)39-20-21-44-50(39,5)27-24-45-49(4)26-23-37(31-36(49)22-25-51(44,45)6)61-48(60)42(19-10-12-29-53)56-47(59)43(57-46(58)40(54)17-9-11-28-52)30-35-32-55-41-18-8-7-16-38(35)41/h7-8,16,18,22,32-34,37,39-40,42-45,55H,9-15,17,19-21,23-31,52-54H2,1-6H3,(H,56,59)(H,57,58)/p+3/t34-,37?,39-,40?,42?,43?,44-,45-,49+,50-,51+/m1/s1. The van der Waals surface area contributed by atoms with Crippen molar-refractivity contribution >= 4 is 28.7 Å². The molecule has 340 valence electrons. The number of H-pyrrole nitrogens is 1. The van der Waals surface area contributed by atoms with Crippen molar-refractivity contribution in [1.82, 2.24) is 15.6 Å². The molecule has 1 aromatic heterocycles. The van der Waals surface area contributed by atoms with Crippen molar-refractivity contribution in [3.63, 3.8) is 0 Å². The van der Waals surface area contributed by atoms with Crippen LogP contribution in [-0.2, 0) is 25.5 Å². The number of amides is 2. The number of carbonyl (C=O) groups excluding carboxylic acids is 3. The number of para-hydroxylation sites is 1. The summed E-state index contributed by atoms with van der Waals surface area (Å²) in [5.41, 5.74) is 16.3. The van der Waals surface area contributed by atoms with E-state index in [4.69, 9.17) is 4.74 Å². The van der Waals surface area contributed by atoms with E-state index in [1.165, 1.54) is 50.5 Å². The maximum atomic E-state index is 14.3. The van der Waals surface area contributed by atoms with Crippen molar-refractivity contribution in [1.29, 1.82) is 0 Å². The van der Waals surface area contributed by atoms with Crippen LogP contribution in [0.4, 0.5) is 0 Å². The second-order valence-electron chi connectivity index (χ2n) is 21.4. The SMILES string of the molecule is CC(C)CCC[C@@H](C)[C@H]1CC[C@@H]2[C@]1(C)CC[C@H]1[C@@]2(C)CC=C2CC(OC(=O)C(CCCC[NH3+])NC(=O)C(Cc3c[nH]c4ccccc34)NC(=O)C([NH3+])CCCC[NH3+])CC[C@@]21C. The lowest BCUT2D eigenvalue weighted by molar-refractivity contribution is -0.406. The molecule has 2 amide bonds. The van der Waals surface area contributed by atoms with E-state index in [0.717, 1.165) is 105 Å². The molecule has 12 N–H and O–H groups in total. The van der Waals surface area contributed by atoms with E-state index in [-0.39, 0.29) is 35.7 Å². The van der Waals surface area contributed by atoms with Crippen LogP contribution in [-0.4, -0.2) is 60.1 Å². The fourth-order valence-electron chi connectivity index (χ4n) is 13.4. The molecule has 0 saturated heterocycles. The first-order valence-electron chi connectivity index (χ1n) is 24.6. The summed E-state index contributed by atoms with van der Waals surface area (Å²) in [6, 6.07) is 5.76. The molecule has 0 radical (unpaired) electrons. The van der Waals surface area contributed by atoms with Crippen LogP contribution in [0.1, 0.15) is 156 Å². The van der Waals surface area contributed by atoms with Crippen molar-refractivity contribution in [2.24, 2.45) is 45.8 Å². The highest BCUT2D eigenvalue weighted by molar-refractivity contribution is 5.93. The summed E-state index contributed by atoms with van der Waals surface area (Å²) >= 11 is 0. The van der Waals surface area contributed by atoms with Crippen molar-refractivity contribution < 1.29 is 36.3 Å². The summed E-state index contributed by atoms with van der Waals surface area (Å²) in [7, 11) is 0. The summed E-state index contributed by atoms with van der Waals surface area (Å²) in [6.07, 6.45) is 22.2. The fraction of sp³-hybridized carbons (Fsp3) is 0.745. The Bertz CT molecular complexity index is 1820. The largest absolute Gasteiger partial charge is 0.461 e. The second kappa shape index (κ2) is 20.5. The minimum absolute atomic E-state index is 0.118. The molecule has 1 aromatic carbocycles. The minimum atomic E-state index is -0.885. The number of benzene rings is 1. The summed E-state index contributed by atoms with van der Waals surface area (Å²) in [5.74, 6) is 2.79. The van der Waals surface area contributed by atoms with Gasteiger partial charge in [0.15, 0.2) is 6.04 Å². The van der Waals surface area contributed by atoms with Crippen LogP contribution in [0.3, 0.4) is 0 Å². The summed E-state index contributed by atoms with van der Waals surface area (Å²) in [6.45, 7) is 16.7. The summed E-state index contributed by atoms with van der Waals surface area (Å²) < 4.78 is 6.41. The molecule has 4 aliphatic rings. The predicted molar refractivity (Wildman–Crippen MR) is 243 cm³/mol. The molecule has 10 heteroatoms. The quantitative estimate of drug-likeness (QED) is 0.0480. The molecule has 3 saturated carbocycles. The lowest BCUT2D eigenvalue weighted by Gasteiger charge is -2.63. The Morgan fingerprint density at radius 3 is 2.26 bits per heavy atom. The Hall–Kier alpha value is -3.21. The normalized spacial score (nSPS) is 30.4. The van der Waals surface area contributed by atoms with Gasteiger partial charge in [-0.1, -0.05) is 90.7 Å². The molecule has 0 aliphatic heterocycles. The maximum Gasteiger partial charge on any atom is 0.328 e. The van der Waals surface area contributed by atoms with Crippen molar-refractivity contribution in [2.45, 2.75) is 181 Å². The number of esters is 1. The van der Waals surface area contributed by atoms with Crippen LogP contribution in [0, 0.1) is 45.8 Å². The van der Waals surface area contributed by atoms with Crippen molar-refractivity contribution in [3.8, 4) is 0 Å². The number of aromatic amines is 1.